The van der Waals surface area contributed by atoms with Gasteiger partial charge in [-0.05, 0) is 43.4 Å². The van der Waals surface area contributed by atoms with Crippen LogP contribution in [-0.2, 0) is 0 Å². The lowest BCUT2D eigenvalue weighted by Gasteiger charge is -2.27. The third-order valence-corrected chi connectivity index (χ3v) is 3.02. The molecule has 0 aliphatic carbocycles. The van der Waals surface area contributed by atoms with E-state index in [4.69, 9.17) is 0 Å². The number of rotatable bonds is 1. The smallest absolute Gasteiger partial charge is 0.126 e. The predicted octanol–water partition coefficient (Wildman–Crippen LogP) is 2.82. The summed E-state index contributed by atoms with van der Waals surface area (Å²) < 4.78 is 26.0. The van der Waals surface area contributed by atoms with Gasteiger partial charge in [0.15, 0.2) is 0 Å². The molecule has 1 heterocycles. The highest BCUT2D eigenvalue weighted by atomic mass is 19.1. The zero-order valence-corrected chi connectivity index (χ0v) is 8.76. The lowest BCUT2D eigenvalue weighted by molar-refractivity contribution is 0.383. The van der Waals surface area contributed by atoms with Crippen molar-refractivity contribution in [2.45, 2.75) is 31.7 Å². The molecule has 0 radical (unpaired) electrons. The van der Waals surface area contributed by atoms with Gasteiger partial charge in [-0.15, -0.1) is 0 Å². The Bertz CT molecular complexity index is 323. The first-order valence-corrected chi connectivity index (χ1v) is 5.34. The van der Waals surface area contributed by atoms with Crippen LogP contribution in [0.1, 0.15) is 31.2 Å². The Morgan fingerprint density at radius 1 is 1.13 bits per heavy atom. The molecule has 1 N–H and O–H groups in total. The first-order valence-electron chi connectivity index (χ1n) is 5.34. The van der Waals surface area contributed by atoms with E-state index in [2.05, 4.69) is 12.2 Å². The average Bonchev–Trinajstić information content (AvgIpc) is 2.17. The molecule has 1 fully saturated rings. The van der Waals surface area contributed by atoms with Crippen molar-refractivity contribution < 1.29 is 8.78 Å². The van der Waals surface area contributed by atoms with Crippen molar-refractivity contribution in [2.75, 3.05) is 6.54 Å². The van der Waals surface area contributed by atoms with Gasteiger partial charge in [0.1, 0.15) is 11.6 Å². The molecule has 2 unspecified atom stereocenters. The van der Waals surface area contributed by atoms with E-state index < -0.39 is 11.6 Å². The molecule has 1 nitrogen and oxygen atoms in total. The first-order chi connectivity index (χ1) is 7.15. The van der Waals surface area contributed by atoms with Crippen molar-refractivity contribution in [1.82, 2.24) is 5.32 Å². The second kappa shape index (κ2) is 4.27. The molecular formula is C12H15F2N. The van der Waals surface area contributed by atoms with Gasteiger partial charge < -0.3 is 5.32 Å². The highest BCUT2D eigenvalue weighted by molar-refractivity contribution is 5.22. The summed E-state index contributed by atoms with van der Waals surface area (Å²) in [6.07, 6.45) is 2.06. The van der Waals surface area contributed by atoms with Crippen LogP contribution in [0.2, 0.25) is 0 Å². The Hall–Kier alpha value is -0.960. The average molecular weight is 211 g/mol. The van der Waals surface area contributed by atoms with Gasteiger partial charge in [-0.25, -0.2) is 8.78 Å². The van der Waals surface area contributed by atoms with Crippen molar-refractivity contribution >= 4 is 0 Å². The van der Waals surface area contributed by atoms with Crippen molar-refractivity contribution in [3.63, 3.8) is 0 Å². The fourth-order valence-electron chi connectivity index (χ4n) is 2.09. The van der Waals surface area contributed by atoms with Crippen molar-refractivity contribution in [2.24, 2.45) is 0 Å². The minimum Gasteiger partial charge on any atom is -0.314 e. The zero-order chi connectivity index (χ0) is 10.8. The molecule has 15 heavy (non-hydrogen) atoms. The molecule has 1 aliphatic rings. The summed E-state index contributed by atoms with van der Waals surface area (Å²) in [4.78, 5) is 0. The third-order valence-electron chi connectivity index (χ3n) is 3.02. The van der Waals surface area contributed by atoms with Crippen LogP contribution in [0.25, 0.3) is 0 Å². The van der Waals surface area contributed by atoms with Crippen LogP contribution in [-0.4, -0.2) is 12.6 Å². The third kappa shape index (κ3) is 2.53. The van der Waals surface area contributed by atoms with Crippen LogP contribution in [0.3, 0.4) is 0 Å². The quantitative estimate of drug-likeness (QED) is 0.753. The fraction of sp³-hybridized carbons (Fsp3) is 0.500. The molecule has 2 atom stereocenters. The number of nitrogens with one attached hydrogen (secondary N) is 1. The van der Waals surface area contributed by atoms with Gasteiger partial charge in [-0.2, -0.15) is 0 Å². The molecule has 1 aromatic rings. The van der Waals surface area contributed by atoms with E-state index in [-0.39, 0.29) is 5.92 Å². The van der Waals surface area contributed by atoms with E-state index in [1.54, 1.807) is 0 Å². The Morgan fingerprint density at radius 3 is 2.33 bits per heavy atom. The maximum absolute atomic E-state index is 13.0. The molecule has 1 aromatic carbocycles. The largest absolute Gasteiger partial charge is 0.314 e. The first kappa shape index (κ1) is 10.6. The van der Waals surface area contributed by atoms with Crippen LogP contribution >= 0.6 is 0 Å². The molecule has 1 aliphatic heterocycles. The van der Waals surface area contributed by atoms with Gasteiger partial charge in [-0.1, -0.05) is 0 Å². The molecule has 0 saturated carbocycles. The maximum atomic E-state index is 13.0. The van der Waals surface area contributed by atoms with Gasteiger partial charge in [-0.3, -0.25) is 0 Å². The van der Waals surface area contributed by atoms with Crippen LogP contribution in [0.4, 0.5) is 8.78 Å². The summed E-state index contributed by atoms with van der Waals surface area (Å²) in [5.74, 6) is -0.723. The molecule has 82 valence electrons. The van der Waals surface area contributed by atoms with E-state index in [0.717, 1.165) is 31.0 Å². The number of hydrogen-bond acceptors (Lipinski definition) is 1. The lowest BCUT2D eigenvalue weighted by Crippen LogP contribution is -2.35. The number of piperidine rings is 1. The Morgan fingerprint density at radius 2 is 1.80 bits per heavy atom. The van der Waals surface area contributed by atoms with Gasteiger partial charge in [0.25, 0.3) is 0 Å². The van der Waals surface area contributed by atoms with Crippen LogP contribution in [0.15, 0.2) is 18.2 Å². The normalized spacial score (nSPS) is 26.6. The highest BCUT2D eigenvalue weighted by Crippen LogP contribution is 2.26. The predicted molar refractivity (Wildman–Crippen MR) is 55.8 cm³/mol. The van der Waals surface area contributed by atoms with E-state index in [9.17, 15) is 8.78 Å². The van der Waals surface area contributed by atoms with Crippen LogP contribution in [0.5, 0.6) is 0 Å². The van der Waals surface area contributed by atoms with E-state index in [1.807, 2.05) is 0 Å². The van der Waals surface area contributed by atoms with Crippen molar-refractivity contribution in [3.8, 4) is 0 Å². The standard InChI is InChI=1S/C12H15F2N/c1-8-2-3-9(7-15-8)10-4-11(13)6-12(14)5-10/h4-6,8-9,15H,2-3,7H2,1H3. The van der Waals surface area contributed by atoms with Crippen molar-refractivity contribution in [3.05, 3.63) is 35.4 Å². The Labute approximate surface area is 88.5 Å². The topological polar surface area (TPSA) is 12.0 Å². The van der Waals surface area contributed by atoms with Gasteiger partial charge in [0.2, 0.25) is 0 Å². The minimum atomic E-state index is -0.483. The molecule has 2 rings (SSSR count). The zero-order valence-electron chi connectivity index (χ0n) is 8.76. The van der Waals surface area contributed by atoms with E-state index >= 15 is 0 Å². The van der Waals surface area contributed by atoms with Crippen LogP contribution in [0, 0.1) is 11.6 Å². The molecule has 3 heteroatoms. The maximum Gasteiger partial charge on any atom is 0.126 e. The fourth-order valence-corrected chi connectivity index (χ4v) is 2.09. The van der Waals surface area contributed by atoms with Crippen LogP contribution < -0.4 is 5.32 Å². The number of benzene rings is 1. The Balaban J connectivity index is 2.15. The Kier molecular flexibility index (Phi) is 3.00. The van der Waals surface area contributed by atoms with Gasteiger partial charge >= 0.3 is 0 Å². The summed E-state index contributed by atoms with van der Waals surface area (Å²) in [7, 11) is 0. The second-order valence-electron chi connectivity index (χ2n) is 4.29. The summed E-state index contributed by atoms with van der Waals surface area (Å²) in [5, 5.41) is 3.32. The number of halogens is 2. The summed E-state index contributed by atoms with van der Waals surface area (Å²) in [6, 6.07) is 4.30. The molecular weight excluding hydrogens is 196 g/mol. The monoisotopic (exact) mass is 211 g/mol. The van der Waals surface area contributed by atoms with Gasteiger partial charge in [0, 0.05) is 18.7 Å². The van der Waals surface area contributed by atoms with E-state index in [1.165, 1.54) is 12.1 Å². The number of hydrogen-bond donors (Lipinski definition) is 1. The molecule has 0 spiro atoms. The van der Waals surface area contributed by atoms with Gasteiger partial charge in [0.05, 0.1) is 0 Å². The summed E-state index contributed by atoms with van der Waals surface area (Å²) in [6.45, 7) is 2.94. The second-order valence-corrected chi connectivity index (χ2v) is 4.29. The minimum absolute atomic E-state index is 0.242. The summed E-state index contributed by atoms with van der Waals surface area (Å²) in [5.41, 5.74) is 0.770. The van der Waals surface area contributed by atoms with Crippen molar-refractivity contribution in [1.29, 1.82) is 0 Å². The molecule has 0 bridgehead atoms. The molecule has 0 amide bonds. The molecule has 0 aromatic heterocycles. The summed E-state index contributed by atoms with van der Waals surface area (Å²) >= 11 is 0. The SMILES string of the molecule is CC1CCC(c2cc(F)cc(F)c2)CN1. The lowest BCUT2D eigenvalue weighted by atomic mass is 9.89. The van der Waals surface area contributed by atoms with E-state index in [0.29, 0.717) is 6.04 Å². The molecule has 1 saturated heterocycles. The highest BCUT2D eigenvalue weighted by Gasteiger charge is 2.19.